The molecule has 0 aromatic heterocycles. The molecule has 0 bridgehead atoms. The number of methoxy groups -OCH3 is 1. The molecule has 0 unspecified atom stereocenters. The number of nitrogens with two attached hydrogens (primary N) is 1. The van der Waals surface area contributed by atoms with Gasteiger partial charge in [-0.1, -0.05) is 41.5 Å². The minimum Gasteiger partial charge on any atom is -0.493 e. The molecule has 0 atom stereocenters. The molecule has 0 saturated carbocycles. The van der Waals surface area contributed by atoms with E-state index in [1.54, 1.807) is 12.1 Å². The molecule has 0 aliphatic rings. The van der Waals surface area contributed by atoms with Crippen molar-refractivity contribution in [3.05, 3.63) is 52.0 Å². The van der Waals surface area contributed by atoms with Crippen molar-refractivity contribution in [1.29, 1.82) is 0 Å². The maximum atomic E-state index is 6.23. The average molecular weight is 366 g/mol. The van der Waals surface area contributed by atoms with Crippen molar-refractivity contribution >= 4 is 28.8 Å². The summed E-state index contributed by atoms with van der Waals surface area (Å²) in [5, 5.41) is 0.392. The molecule has 24 heavy (non-hydrogen) atoms. The predicted molar refractivity (Wildman–Crippen MR) is 101 cm³/mol. The van der Waals surface area contributed by atoms with Gasteiger partial charge in [0.1, 0.15) is 24.0 Å². The Kier molecular flexibility index (Phi) is 6.29. The van der Waals surface area contributed by atoms with Gasteiger partial charge in [-0.25, -0.2) is 0 Å². The quantitative estimate of drug-likeness (QED) is 0.592. The number of thiocarbonyl (C=S) groups is 1. The van der Waals surface area contributed by atoms with Gasteiger partial charge >= 0.3 is 0 Å². The van der Waals surface area contributed by atoms with Crippen molar-refractivity contribution < 1.29 is 14.2 Å². The largest absolute Gasteiger partial charge is 0.493 e. The first-order chi connectivity index (χ1) is 11.4. The van der Waals surface area contributed by atoms with Crippen molar-refractivity contribution in [1.82, 2.24) is 0 Å². The van der Waals surface area contributed by atoms with Crippen molar-refractivity contribution in [3.8, 4) is 17.2 Å². The lowest BCUT2D eigenvalue weighted by Gasteiger charge is -2.15. The fraction of sp³-hybridized carbons (Fsp3) is 0.278. The first kappa shape index (κ1) is 18.4. The number of aryl methyl sites for hydroxylation is 2. The van der Waals surface area contributed by atoms with Crippen LogP contribution in [0, 0.1) is 13.8 Å². The molecule has 0 fully saturated rings. The maximum Gasteiger partial charge on any atom is 0.179 e. The summed E-state index contributed by atoms with van der Waals surface area (Å²) in [6, 6.07) is 9.40. The zero-order valence-corrected chi connectivity index (χ0v) is 15.5. The van der Waals surface area contributed by atoms with E-state index in [0.29, 0.717) is 35.3 Å². The number of rotatable bonds is 7. The van der Waals surface area contributed by atoms with Gasteiger partial charge in [0, 0.05) is 5.56 Å². The van der Waals surface area contributed by atoms with E-state index >= 15 is 0 Å². The van der Waals surface area contributed by atoms with Crippen LogP contribution in [0.2, 0.25) is 5.02 Å². The van der Waals surface area contributed by atoms with Gasteiger partial charge in [-0.15, -0.1) is 0 Å². The highest BCUT2D eigenvalue weighted by atomic mass is 35.5. The molecule has 0 radical (unpaired) electrons. The van der Waals surface area contributed by atoms with Gasteiger partial charge in [0.15, 0.2) is 11.5 Å². The molecule has 0 saturated heterocycles. The molecule has 4 nitrogen and oxygen atoms in total. The summed E-state index contributed by atoms with van der Waals surface area (Å²) in [4.78, 5) is 0.250. The van der Waals surface area contributed by atoms with Crippen molar-refractivity contribution in [2.24, 2.45) is 5.73 Å². The Labute approximate surface area is 152 Å². The van der Waals surface area contributed by atoms with Crippen molar-refractivity contribution in [3.63, 3.8) is 0 Å². The van der Waals surface area contributed by atoms with E-state index in [9.17, 15) is 0 Å². The zero-order chi connectivity index (χ0) is 17.7. The Hall–Kier alpha value is -1.98. The van der Waals surface area contributed by atoms with Crippen LogP contribution in [0.5, 0.6) is 17.2 Å². The molecule has 128 valence electrons. The standard InChI is InChI=1S/C18H20ClNO3S/c1-11-4-5-15(12(2)8-11)22-6-7-23-17-14(19)9-13(18(20)24)10-16(17)21-3/h4-5,8-10H,6-7H2,1-3H3,(H2,20,24). The molecule has 2 N–H and O–H groups in total. The second-order valence-electron chi connectivity index (χ2n) is 5.32. The monoisotopic (exact) mass is 365 g/mol. The van der Waals surface area contributed by atoms with E-state index in [2.05, 4.69) is 6.07 Å². The first-order valence-corrected chi connectivity index (χ1v) is 8.21. The summed E-state index contributed by atoms with van der Waals surface area (Å²) in [5.41, 5.74) is 8.54. The van der Waals surface area contributed by atoms with Gasteiger partial charge in [-0.05, 0) is 37.6 Å². The number of hydrogen-bond donors (Lipinski definition) is 1. The highest BCUT2D eigenvalue weighted by molar-refractivity contribution is 7.80. The van der Waals surface area contributed by atoms with Crippen LogP contribution in [0.1, 0.15) is 16.7 Å². The molecule has 6 heteroatoms. The molecule has 0 heterocycles. The second-order valence-corrected chi connectivity index (χ2v) is 6.17. The van der Waals surface area contributed by atoms with E-state index in [1.807, 2.05) is 26.0 Å². The Balaban J connectivity index is 2.00. The number of benzene rings is 2. The predicted octanol–water partition coefficient (Wildman–Crippen LogP) is 4.06. The maximum absolute atomic E-state index is 6.23. The van der Waals surface area contributed by atoms with Crippen LogP contribution in [-0.2, 0) is 0 Å². The summed E-state index contributed by atoms with van der Waals surface area (Å²) < 4.78 is 16.8. The minimum atomic E-state index is 0.250. The van der Waals surface area contributed by atoms with E-state index in [4.69, 9.17) is 43.8 Å². The minimum absolute atomic E-state index is 0.250. The highest BCUT2D eigenvalue weighted by Gasteiger charge is 2.13. The third-order valence-corrected chi connectivity index (χ3v) is 3.95. The van der Waals surface area contributed by atoms with Crippen LogP contribution in [0.15, 0.2) is 30.3 Å². The van der Waals surface area contributed by atoms with Crippen LogP contribution in [0.3, 0.4) is 0 Å². The van der Waals surface area contributed by atoms with Gasteiger partial charge in [0.05, 0.1) is 12.1 Å². The van der Waals surface area contributed by atoms with Crippen LogP contribution in [0.4, 0.5) is 0 Å². The summed E-state index contributed by atoms with van der Waals surface area (Å²) >= 11 is 11.2. The first-order valence-electron chi connectivity index (χ1n) is 7.42. The van der Waals surface area contributed by atoms with Crippen molar-refractivity contribution in [2.75, 3.05) is 20.3 Å². The molecular weight excluding hydrogens is 346 g/mol. The third kappa shape index (κ3) is 4.52. The summed E-state index contributed by atoms with van der Waals surface area (Å²) in [6.45, 7) is 4.78. The lowest BCUT2D eigenvalue weighted by Crippen LogP contribution is -2.12. The van der Waals surface area contributed by atoms with Gasteiger partial charge < -0.3 is 19.9 Å². The average Bonchev–Trinajstić information content (AvgIpc) is 2.53. The molecule has 0 aliphatic carbocycles. The molecule has 2 rings (SSSR count). The molecule has 2 aromatic carbocycles. The Bertz CT molecular complexity index is 749. The lowest BCUT2D eigenvalue weighted by molar-refractivity contribution is 0.210. The lowest BCUT2D eigenvalue weighted by atomic mass is 10.1. The zero-order valence-electron chi connectivity index (χ0n) is 13.9. The van der Waals surface area contributed by atoms with E-state index in [0.717, 1.165) is 11.3 Å². The van der Waals surface area contributed by atoms with Crippen LogP contribution < -0.4 is 19.9 Å². The molecule has 0 spiro atoms. The summed E-state index contributed by atoms with van der Waals surface area (Å²) in [5.74, 6) is 1.77. The molecule has 2 aromatic rings. The fourth-order valence-electron chi connectivity index (χ4n) is 2.26. The van der Waals surface area contributed by atoms with Crippen LogP contribution in [0.25, 0.3) is 0 Å². The molecular formula is C18H20ClNO3S. The van der Waals surface area contributed by atoms with Crippen LogP contribution in [-0.4, -0.2) is 25.3 Å². The van der Waals surface area contributed by atoms with E-state index < -0.39 is 0 Å². The van der Waals surface area contributed by atoms with Crippen LogP contribution >= 0.6 is 23.8 Å². The second kappa shape index (κ2) is 8.22. The Morgan fingerprint density at radius 2 is 1.79 bits per heavy atom. The third-order valence-electron chi connectivity index (χ3n) is 3.43. The normalized spacial score (nSPS) is 10.3. The Morgan fingerprint density at radius 3 is 2.42 bits per heavy atom. The van der Waals surface area contributed by atoms with Gasteiger partial charge in [0.2, 0.25) is 0 Å². The van der Waals surface area contributed by atoms with E-state index in [-0.39, 0.29) is 4.99 Å². The highest BCUT2D eigenvalue weighted by Crippen LogP contribution is 2.36. The summed E-state index contributed by atoms with van der Waals surface area (Å²) in [6.07, 6.45) is 0. The fourth-order valence-corrected chi connectivity index (χ4v) is 2.64. The SMILES string of the molecule is COc1cc(C(N)=S)cc(Cl)c1OCCOc1ccc(C)cc1C. The smallest absolute Gasteiger partial charge is 0.179 e. The van der Waals surface area contributed by atoms with Gasteiger partial charge in [-0.3, -0.25) is 0 Å². The van der Waals surface area contributed by atoms with Gasteiger partial charge in [0.25, 0.3) is 0 Å². The number of ether oxygens (including phenoxy) is 3. The molecule has 0 amide bonds. The summed E-state index contributed by atoms with van der Waals surface area (Å²) in [7, 11) is 1.54. The van der Waals surface area contributed by atoms with Crippen molar-refractivity contribution in [2.45, 2.75) is 13.8 Å². The van der Waals surface area contributed by atoms with E-state index in [1.165, 1.54) is 12.7 Å². The number of halogens is 1. The Morgan fingerprint density at radius 1 is 1.08 bits per heavy atom. The van der Waals surface area contributed by atoms with Gasteiger partial charge in [-0.2, -0.15) is 0 Å². The topological polar surface area (TPSA) is 53.7 Å². The molecule has 0 aliphatic heterocycles. The number of hydrogen-bond acceptors (Lipinski definition) is 4.